The zero-order valence-electron chi connectivity index (χ0n) is 18.7. The summed E-state index contributed by atoms with van der Waals surface area (Å²) in [6, 6.07) is 18.2. The molecule has 0 amide bonds. The summed E-state index contributed by atoms with van der Waals surface area (Å²) in [6.45, 7) is 9.24. The van der Waals surface area contributed by atoms with Crippen LogP contribution in [0.2, 0.25) is 0 Å². The van der Waals surface area contributed by atoms with Crippen LogP contribution in [-0.4, -0.2) is 18.9 Å². The second-order valence-electron chi connectivity index (χ2n) is 10.3. The first-order valence-corrected chi connectivity index (χ1v) is 11.0. The molecule has 3 aliphatic carbocycles. The molecule has 0 saturated heterocycles. The molecule has 3 heteroatoms. The van der Waals surface area contributed by atoms with Crippen LogP contribution in [-0.2, 0) is 16.2 Å². The maximum Gasteiger partial charge on any atom is 0.150 e. The van der Waals surface area contributed by atoms with Crippen molar-refractivity contribution in [2.75, 3.05) is 0 Å². The number of rotatable bonds is 3. The van der Waals surface area contributed by atoms with Gasteiger partial charge in [0.25, 0.3) is 0 Å². The highest BCUT2D eigenvalue weighted by Crippen LogP contribution is 2.82. The zero-order valence-corrected chi connectivity index (χ0v) is 18.7. The van der Waals surface area contributed by atoms with Crippen molar-refractivity contribution in [3.05, 3.63) is 105 Å². The van der Waals surface area contributed by atoms with Crippen LogP contribution >= 0.6 is 0 Å². The van der Waals surface area contributed by atoms with E-state index in [1.54, 1.807) is 0 Å². The Morgan fingerprint density at radius 1 is 0.469 bits per heavy atom. The summed E-state index contributed by atoms with van der Waals surface area (Å²) in [7, 11) is 0. The topological polar surface area (TPSA) is 51.2 Å². The van der Waals surface area contributed by atoms with Crippen molar-refractivity contribution in [2.45, 2.75) is 43.9 Å². The predicted octanol–water partition coefficient (Wildman–Crippen LogP) is 5.39. The van der Waals surface area contributed by atoms with E-state index in [9.17, 15) is 14.4 Å². The molecule has 158 valence electrons. The molecule has 3 aromatic rings. The van der Waals surface area contributed by atoms with Crippen molar-refractivity contribution in [1.29, 1.82) is 0 Å². The lowest BCUT2D eigenvalue weighted by molar-refractivity contribution is 0.0996. The maximum absolute atomic E-state index is 11.7. The first kappa shape index (κ1) is 19.4. The summed E-state index contributed by atoms with van der Waals surface area (Å²) in [5.41, 5.74) is 7.71. The smallest absolute Gasteiger partial charge is 0.150 e. The Labute approximate surface area is 187 Å². The van der Waals surface area contributed by atoms with E-state index in [1.807, 2.05) is 30.3 Å². The lowest BCUT2D eigenvalue weighted by atomic mass is 9.52. The summed E-state index contributed by atoms with van der Waals surface area (Å²) in [5.74, 6) is 0. The lowest BCUT2D eigenvalue weighted by Gasteiger charge is -2.49. The Morgan fingerprint density at radius 3 is 1.06 bits per heavy atom. The van der Waals surface area contributed by atoms with Gasteiger partial charge in [-0.05, 0) is 51.6 Å². The van der Waals surface area contributed by atoms with Gasteiger partial charge in [0.15, 0.2) is 0 Å². The van der Waals surface area contributed by atoms with Gasteiger partial charge in [0.05, 0.1) is 0 Å². The fourth-order valence-electron chi connectivity index (χ4n) is 8.01. The van der Waals surface area contributed by atoms with Crippen LogP contribution in [0.4, 0.5) is 0 Å². The molecule has 0 aromatic heterocycles. The van der Waals surface area contributed by atoms with Crippen molar-refractivity contribution in [3.8, 4) is 0 Å². The fourth-order valence-corrected chi connectivity index (χ4v) is 8.01. The highest BCUT2D eigenvalue weighted by molar-refractivity contribution is 5.84. The van der Waals surface area contributed by atoms with Gasteiger partial charge in [-0.2, -0.15) is 0 Å². The second-order valence-corrected chi connectivity index (χ2v) is 10.3. The fraction of sp³-hybridized carbons (Fsp3) is 0.276. The number of hydrogen-bond donors (Lipinski definition) is 0. The van der Waals surface area contributed by atoms with Gasteiger partial charge in [0.1, 0.15) is 18.9 Å². The number of fused-ring (bicyclic) bond motifs is 9. The summed E-state index contributed by atoms with van der Waals surface area (Å²) in [6.07, 6.45) is 2.72. The maximum atomic E-state index is 11.7. The van der Waals surface area contributed by atoms with Gasteiger partial charge in [0.2, 0.25) is 0 Å². The minimum absolute atomic E-state index is 0.301. The quantitative estimate of drug-likeness (QED) is 0.534. The van der Waals surface area contributed by atoms with Crippen molar-refractivity contribution in [3.63, 3.8) is 0 Å². The molecule has 0 heterocycles. The number of aldehydes is 3. The molecule has 0 aliphatic heterocycles. The molecule has 4 atom stereocenters. The highest BCUT2D eigenvalue weighted by atomic mass is 16.1. The first-order valence-electron chi connectivity index (χ1n) is 11.0. The van der Waals surface area contributed by atoms with E-state index in [4.69, 9.17) is 0 Å². The molecule has 0 spiro atoms. The Kier molecular flexibility index (Phi) is 3.34. The van der Waals surface area contributed by atoms with Crippen LogP contribution in [0.1, 0.15) is 92.1 Å². The zero-order chi connectivity index (χ0) is 22.7. The molecule has 3 aromatic carbocycles. The number of carbonyl (C=O) groups excluding carboxylic acids is 3. The Hall–Kier alpha value is -3.33. The molecule has 0 unspecified atom stereocenters. The van der Waals surface area contributed by atoms with Crippen LogP contribution in [0.15, 0.2) is 54.6 Å². The molecular weight excluding hydrogens is 396 g/mol. The standard InChI is InChI=1S/C29H24O3/c1-26-20-8-5-17(14-30)11-23(20)27(2)22-10-7-19(16-32)13-25(22)28(3,29(26,27)4)24-12-18(15-31)6-9-21(24)26/h5-16H,1-4H3/t26-,27-,28-,29+/m0/s1. The third-order valence-electron chi connectivity index (χ3n) is 9.77. The third kappa shape index (κ3) is 1.60. The van der Waals surface area contributed by atoms with E-state index in [-0.39, 0.29) is 16.2 Å². The molecule has 0 fully saturated rings. The van der Waals surface area contributed by atoms with Gasteiger partial charge < -0.3 is 0 Å². The normalized spacial score (nSPS) is 32.6. The minimum atomic E-state index is -0.417. The predicted molar refractivity (Wildman–Crippen MR) is 123 cm³/mol. The average molecular weight is 421 g/mol. The SMILES string of the molecule is C[C@@]12c3ccc(C=O)cc3[C@@]3(C)c4cc(C=O)ccc4[C@@](C)(c4cc(C=O)ccc41)[C@@]23C. The van der Waals surface area contributed by atoms with Gasteiger partial charge in [-0.3, -0.25) is 14.4 Å². The Bertz CT molecular complexity index is 1400. The van der Waals surface area contributed by atoms with Crippen LogP contribution in [0.25, 0.3) is 0 Å². The van der Waals surface area contributed by atoms with Crippen molar-refractivity contribution in [2.24, 2.45) is 5.41 Å². The third-order valence-corrected chi connectivity index (χ3v) is 9.77. The van der Waals surface area contributed by atoms with E-state index in [0.29, 0.717) is 16.7 Å². The van der Waals surface area contributed by atoms with Crippen molar-refractivity contribution >= 4 is 18.9 Å². The average Bonchev–Trinajstić information content (AvgIpc) is 3.18. The van der Waals surface area contributed by atoms with Crippen LogP contribution in [0, 0.1) is 5.41 Å². The van der Waals surface area contributed by atoms with Gasteiger partial charge >= 0.3 is 0 Å². The van der Waals surface area contributed by atoms with Gasteiger partial charge in [-0.15, -0.1) is 0 Å². The van der Waals surface area contributed by atoms with Crippen molar-refractivity contribution < 1.29 is 14.4 Å². The molecule has 3 nitrogen and oxygen atoms in total. The highest BCUT2D eigenvalue weighted by Gasteiger charge is 2.79. The summed E-state index contributed by atoms with van der Waals surface area (Å²) < 4.78 is 0. The molecule has 6 rings (SSSR count). The van der Waals surface area contributed by atoms with E-state index >= 15 is 0 Å². The summed E-state index contributed by atoms with van der Waals surface area (Å²) >= 11 is 0. The van der Waals surface area contributed by atoms with Crippen LogP contribution in [0.3, 0.4) is 0 Å². The van der Waals surface area contributed by atoms with Crippen molar-refractivity contribution in [1.82, 2.24) is 0 Å². The molecule has 0 N–H and O–H groups in total. The largest absolute Gasteiger partial charge is 0.298 e. The van der Waals surface area contributed by atoms with E-state index < -0.39 is 5.41 Å². The van der Waals surface area contributed by atoms with Gasteiger partial charge in [0, 0.05) is 38.4 Å². The molecule has 0 bridgehead atoms. The van der Waals surface area contributed by atoms with Gasteiger partial charge in [-0.25, -0.2) is 0 Å². The van der Waals surface area contributed by atoms with Crippen LogP contribution in [0.5, 0.6) is 0 Å². The molecule has 0 saturated carbocycles. The van der Waals surface area contributed by atoms with E-state index in [1.165, 1.54) is 22.3 Å². The molecule has 0 radical (unpaired) electrons. The number of benzene rings is 3. The van der Waals surface area contributed by atoms with Crippen LogP contribution < -0.4 is 0 Å². The lowest BCUT2D eigenvalue weighted by Crippen LogP contribution is -2.51. The van der Waals surface area contributed by atoms with E-state index in [2.05, 4.69) is 52.0 Å². The Morgan fingerprint density at radius 2 is 0.750 bits per heavy atom. The molecular formula is C29H24O3. The minimum Gasteiger partial charge on any atom is -0.298 e. The monoisotopic (exact) mass is 420 g/mol. The molecule has 32 heavy (non-hydrogen) atoms. The van der Waals surface area contributed by atoms with Gasteiger partial charge in [-0.1, -0.05) is 64.1 Å². The Balaban J connectivity index is 1.87. The summed E-state index contributed by atoms with van der Waals surface area (Å²) in [5, 5.41) is 0. The number of hydrogen-bond acceptors (Lipinski definition) is 3. The molecule has 3 aliphatic rings. The van der Waals surface area contributed by atoms with E-state index in [0.717, 1.165) is 30.0 Å². The second kappa shape index (κ2) is 5.53. The number of carbonyl (C=O) groups is 3. The first-order chi connectivity index (χ1) is 15.2. The summed E-state index contributed by atoms with van der Waals surface area (Å²) in [4.78, 5) is 35.2.